The van der Waals surface area contributed by atoms with Crippen molar-refractivity contribution >= 4 is 23.5 Å². The molecule has 0 aliphatic carbocycles. The van der Waals surface area contributed by atoms with Crippen LogP contribution in [0.15, 0.2) is 78.1 Å². The molecule has 0 fully saturated rings. The maximum absolute atomic E-state index is 13.6. The predicted molar refractivity (Wildman–Crippen MR) is 134 cm³/mol. The van der Waals surface area contributed by atoms with E-state index in [0.29, 0.717) is 34.8 Å². The molecular weight excluding hydrogens is 450 g/mol. The first-order valence-corrected chi connectivity index (χ1v) is 12.0. The second-order valence-electron chi connectivity index (χ2n) is 8.33. The summed E-state index contributed by atoms with van der Waals surface area (Å²) < 4.78 is 11.1. The molecule has 1 aliphatic rings. The number of rotatable bonds is 8. The van der Waals surface area contributed by atoms with Crippen molar-refractivity contribution in [1.82, 2.24) is 4.90 Å². The number of hydrogen-bond donors (Lipinski definition) is 0. The van der Waals surface area contributed by atoms with E-state index in [-0.39, 0.29) is 13.2 Å². The molecule has 2 aromatic carbocycles. The topological polar surface area (TPSA) is 55.8 Å². The number of carbonyl (C=O) groups is 2. The average molecular weight is 482 g/mol. The Morgan fingerprint density at radius 3 is 2.21 bits per heavy atom. The molecule has 180 valence electrons. The van der Waals surface area contributed by atoms with Crippen LogP contribution in [0, 0.1) is 5.41 Å². The van der Waals surface area contributed by atoms with Crippen LogP contribution in [0.5, 0.6) is 0 Å². The SMILES string of the molecule is C=C1N(Cc2ccccc2)C(CC)=C(C(=O)OCC)[C@@H](c2ccccc2Cl)[C@@]1(C)C(=O)OCC. The van der Waals surface area contributed by atoms with Crippen LogP contribution in [0.2, 0.25) is 5.02 Å². The van der Waals surface area contributed by atoms with Gasteiger partial charge in [-0.3, -0.25) is 4.79 Å². The fourth-order valence-electron chi connectivity index (χ4n) is 4.69. The van der Waals surface area contributed by atoms with Gasteiger partial charge in [-0.25, -0.2) is 4.79 Å². The van der Waals surface area contributed by atoms with Crippen molar-refractivity contribution in [3.63, 3.8) is 0 Å². The maximum Gasteiger partial charge on any atom is 0.336 e. The van der Waals surface area contributed by atoms with E-state index in [9.17, 15) is 9.59 Å². The number of benzene rings is 2. The minimum absolute atomic E-state index is 0.203. The zero-order valence-electron chi connectivity index (χ0n) is 20.3. The van der Waals surface area contributed by atoms with Crippen molar-refractivity contribution in [3.8, 4) is 0 Å². The largest absolute Gasteiger partial charge is 0.465 e. The second kappa shape index (κ2) is 10.9. The molecule has 1 heterocycles. The summed E-state index contributed by atoms with van der Waals surface area (Å²) in [6.45, 7) is 12.6. The lowest BCUT2D eigenvalue weighted by Gasteiger charge is -2.48. The van der Waals surface area contributed by atoms with Crippen LogP contribution in [0.4, 0.5) is 0 Å². The normalized spacial score (nSPS) is 20.3. The molecule has 0 aromatic heterocycles. The lowest BCUT2D eigenvalue weighted by molar-refractivity contribution is -0.155. The van der Waals surface area contributed by atoms with Gasteiger partial charge < -0.3 is 14.4 Å². The fraction of sp³-hybridized carbons (Fsp3) is 0.357. The molecular formula is C28H32ClNO4. The smallest absolute Gasteiger partial charge is 0.336 e. The molecule has 0 amide bonds. The summed E-state index contributed by atoms with van der Waals surface area (Å²) in [5.74, 6) is -1.64. The number of ether oxygens (including phenoxy) is 2. The first-order valence-electron chi connectivity index (χ1n) is 11.6. The number of allylic oxidation sites excluding steroid dienone is 1. The summed E-state index contributed by atoms with van der Waals surface area (Å²) in [5.41, 5.74) is 2.14. The molecule has 1 aliphatic heterocycles. The monoisotopic (exact) mass is 481 g/mol. The number of halogens is 1. The third kappa shape index (κ3) is 4.62. The number of esters is 2. The Kier molecular flexibility index (Phi) is 8.21. The molecule has 0 bridgehead atoms. The van der Waals surface area contributed by atoms with Crippen LogP contribution in [-0.4, -0.2) is 30.1 Å². The minimum Gasteiger partial charge on any atom is -0.465 e. The van der Waals surface area contributed by atoms with Crippen LogP contribution < -0.4 is 0 Å². The standard InChI is InChI=1S/C28H32ClNO4/c1-6-23-24(26(31)33-7-2)25(21-16-12-13-17-22(21)29)28(5,27(32)34-8-3)19(4)30(23)18-20-14-10-9-11-15-20/h9-17,25H,4,6-8,18H2,1-3,5H3/t25-,28+/m1/s1. The molecule has 34 heavy (non-hydrogen) atoms. The summed E-state index contributed by atoms with van der Waals surface area (Å²) in [4.78, 5) is 29.1. The van der Waals surface area contributed by atoms with E-state index >= 15 is 0 Å². The fourth-order valence-corrected chi connectivity index (χ4v) is 4.93. The summed E-state index contributed by atoms with van der Waals surface area (Å²) in [7, 11) is 0. The Morgan fingerprint density at radius 2 is 1.62 bits per heavy atom. The summed E-state index contributed by atoms with van der Waals surface area (Å²) >= 11 is 6.65. The van der Waals surface area contributed by atoms with Crippen LogP contribution in [-0.2, 0) is 25.6 Å². The quantitative estimate of drug-likeness (QED) is 0.417. The molecule has 2 atom stereocenters. The minimum atomic E-state index is -1.28. The number of carbonyl (C=O) groups excluding carboxylic acids is 2. The van der Waals surface area contributed by atoms with Gasteiger partial charge in [-0.2, -0.15) is 0 Å². The molecule has 0 spiro atoms. The van der Waals surface area contributed by atoms with E-state index in [0.717, 1.165) is 11.3 Å². The molecule has 6 heteroatoms. The van der Waals surface area contributed by atoms with Gasteiger partial charge >= 0.3 is 11.9 Å². The van der Waals surface area contributed by atoms with Crippen LogP contribution >= 0.6 is 11.6 Å². The van der Waals surface area contributed by atoms with E-state index in [4.69, 9.17) is 21.1 Å². The van der Waals surface area contributed by atoms with Crippen molar-refractivity contribution in [2.45, 2.75) is 46.6 Å². The molecule has 0 saturated heterocycles. The highest BCUT2D eigenvalue weighted by atomic mass is 35.5. The predicted octanol–water partition coefficient (Wildman–Crippen LogP) is 6.25. The van der Waals surface area contributed by atoms with Gasteiger partial charge in [-0.05, 0) is 44.4 Å². The van der Waals surface area contributed by atoms with Crippen LogP contribution in [0.3, 0.4) is 0 Å². The Hall–Kier alpha value is -3.05. The van der Waals surface area contributed by atoms with Gasteiger partial charge in [0.1, 0.15) is 5.41 Å². The second-order valence-corrected chi connectivity index (χ2v) is 8.74. The van der Waals surface area contributed by atoms with Gasteiger partial charge in [-0.15, -0.1) is 0 Å². The van der Waals surface area contributed by atoms with Crippen molar-refractivity contribution in [3.05, 3.63) is 94.3 Å². The van der Waals surface area contributed by atoms with Gasteiger partial charge in [0, 0.05) is 28.9 Å². The van der Waals surface area contributed by atoms with E-state index in [1.165, 1.54) is 0 Å². The van der Waals surface area contributed by atoms with Crippen molar-refractivity contribution in [2.24, 2.45) is 5.41 Å². The van der Waals surface area contributed by atoms with Gasteiger partial charge in [0.25, 0.3) is 0 Å². The Morgan fingerprint density at radius 1 is 1.00 bits per heavy atom. The molecule has 3 rings (SSSR count). The molecule has 2 aromatic rings. The third-order valence-corrected chi connectivity index (χ3v) is 6.70. The first kappa shape index (κ1) is 25.6. The Balaban J connectivity index is 2.35. The van der Waals surface area contributed by atoms with Gasteiger partial charge in [-0.1, -0.05) is 73.6 Å². The lowest BCUT2D eigenvalue weighted by atomic mass is 9.64. The van der Waals surface area contributed by atoms with E-state index in [1.54, 1.807) is 26.8 Å². The van der Waals surface area contributed by atoms with E-state index in [1.807, 2.05) is 60.4 Å². The number of hydrogen-bond acceptors (Lipinski definition) is 5. The highest BCUT2D eigenvalue weighted by Gasteiger charge is 2.55. The van der Waals surface area contributed by atoms with Gasteiger partial charge in [0.2, 0.25) is 0 Å². The highest BCUT2D eigenvalue weighted by Crippen LogP contribution is 2.55. The van der Waals surface area contributed by atoms with Crippen LogP contribution in [0.1, 0.15) is 51.2 Å². The molecule has 0 unspecified atom stereocenters. The zero-order chi connectivity index (χ0) is 24.9. The summed E-state index contributed by atoms with van der Waals surface area (Å²) in [6.07, 6.45) is 0.542. The maximum atomic E-state index is 13.6. The molecule has 0 saturated carbocycles. The Bertz CT molecular complexity index is 1090. The molecule has 5 nitrogen and oxygen atoms in total. The van der Waals surface area contributed by atoms with Crippen molar-refractivity contribution < 1.29 is 19.1 Å². The highest BCUT2D eigenvalue weighted by molar-refractivity contribution is 6.31. The van der Waals surface area contributed by atoms with Gasteiger partial charge in [0.05, 0.1) is 18.8 Å². The Labute approximate surface area is 207 Å². The summed E-state index contributed by atoms with van der Waals surface area (Å²) in [5, 5.41) is 0.463. The first-order chi connectivity index (χ1) is 16.3. The van der Waals surface area contributed by atoms with Crippen LogP contribution in [0.25, 0.3) is 0 Å². The van der Waals surface area contributed by atoms with Crippen molar-refractivity contribution in [1.29, 1.82) is 0 Å². The average Bonchev–Trinajstić information content (AvgIpc) is 2.83. The zero-order valence-corrected chi connectivity index (χ0v) is 21.0. The van der Waals surface area contributed by atoms with E-state index in [2.05, 4.69) is 6.58 Å². The third-order valence-electron chi connectivity index (χ3n) is 6.36. The van der Waals surface area contributed by atoms with Crippen molar-refractivity contribution in [2.75, 3.05) is 13.2 Å². The summed E-state index contributed by atoms with van der Waals surface area (Å²) in [6, 6.07) is 17.2. The molecule has 0 N–H and O–H groups in total. The molecule has 0 radical (unpaired) electrons. The van der Waals surface area contributed by atoms with E-state index < -0.39 is 23.3 Å². The van der Waals surface area contributed by atoms with Gasteiger partial charge in [0.15, 0.2) is 0 Å². The number of nitrogens with zero attached hydrogens (tertiary/aromatic N) is 1. The lowest BCUT2D eigenvalue weighted by Crippen LogP contribution is -2.49.